The Morgan fingerprint density at radius 3 is 2.88 bits per heavy atom. The van der Waals surface area contributed by atoms with Gasteiger partial charge in [-0.1, -0.05) is 12.1 Å². The van der Waals surface area contributed by atoms with Gasteiger partial charge in [0.2, 0.25) is 11.8 Å². The molecule has 2 amide bonds. The molecule has 2 atom stereocenters. The van der Waals surface area contributed by atoms with Gasteiger partial charge in [0.1, 0.15) is 5.75 Å². The standard InChI is InChI=1S/C20H20N2O3/c23-15-5-1-3-12(10-15)16-11-17(16)20(25)21-14-7-8-18-13(9-14)4-2-6-19(24)22-18/h1,3,5,7-10,16-17,23H,2,4,6,11H2,(H,21,25)(H,22,24)/t16-,17+/m1/s1. The first-order valence-corrected chi connectivity index (χ1v) is 8.63. The normalized spacial score (nSPS) is 21.7. The molecule has 1 aliphatic heterocycles. The van der Waals surface area contributed by atoms with Crippen molar-refractivity contribution < 1.29 is 14.7 Å². The summed E-state index contributed by atoms with van der Waals surface area (Å²) in [5.41, 5.74) is 3.67. The molecule has 1 heterocycles. The van der Waals surface area contributed by atoms with E-state index < -0.39 is 0 Å². The molecule has 4 rings (SSSR count). The molecule has 0 unspecified atom stereocenters. The van der Waals surface area contributed by atoms with Crippen molar-refractivity contribution in [2.24, 2.45) is 5.92 Å². The summed E-state index contributed by atoms with van der Waals surface area (Å²) in [6.45, 7) is 0. The van der Waals surface area contributed by atoms with E-state index in [0.29, 0.717) is 6.42 Å². The zero-order valence-electron chi connectivity index (χ0n) is 13.8. The molecule has 0 saturated heterocycles. The van der Waals surface area contributed by atoms with E-state index in [1.807, 2.05) is 24.3 Å². The maximum absolute atomic E-state index is 12.5. The summed E-state index contributed by atoms with van der Waals surface area (Å²) in [6.07, 6.45) is 2.98. The largest absolute Gasteiger partial charge is 0.508 e. The van der Waals surface area contributed by atoms with Crippen LogP contribution in [0.25, 0.3) is 0 Å². The minimum absolute atomic E-state index is 0.00551. The minimum atomic E-state index is -0.0553. The average molecular weight is 336 g/mol. The molecule has 128 valence electrons. The lowest BCUT2D eigenvalue weighted by Crippen LogP contribution is -2.15. The van der Waals surface area contributed by atoms with Gasteiger partial charge in [0.25, 0.3) is 0 Å². The Bertz CT molecular complexity index is 847. The van der Waals surface area contributed by atoms with E-state index in [-0.39, 0.29) is 29.4 Å². The van der Waals surface area contributed by atoms with Crippen LogP contribution in [0.4, 0.5) is 11.4 Å². The number of hydrogen-bond donors (Lipinski definition) is 3. The van der Waals surface area contributed by atoms with E-state index >= 15 is 0 Å². The number of hydrogen-bond acceptors (Lipinski definition) is 3. The number of anilines is 2. The van der Waals surface area contributed by atoms with E-state index in [1.165, 1.54) is 0 Å². The van der Waals surface area contributed by atoms with Gasteiger partial charge in [-0.3, -0.25) is 9.59 Å². The highest BCUT2D eigenvalue weighted by Crippen LogP contribution is 2.48. The number of rotatable bonds is 3. The molecule has 1 fully saturated rings. The molecule has 2 aromatic carbocycles. The van der Waals surface area contributed by atoms with Crippen molar-refractivity contribution >= 4 is 23.2 Å². The van der Waals surface area contributed by atoms with Crippen LogP contribution in [0.15, 0.2) is 42.5 Å². The van der Waals surface area contributed by atoms with Crippen molar-refractivity contribution in [1.82, 2.24) is 0 Å². The highest BCUT2D eigenvalue weighted by Gasteiger charge is 2.44. The summed E-state index contributed by atoms with van der Waals surface area (Å²) in [4.78, 5) is 24.1. The quantitative estimate of drug-likeness (QED) is 0.804. The molecule has 5 nitrogen and oxygen atoms in total. The van der Waals surface area contributed by atoms with E-state index in [4.69, 9.17) is 0 Å². The number of phenols is 1. The first-order chi connectivity index (χ1) is 12.1. The van der Waals surface area contributed by atoms with Crippen molar-refractivity contribution in [1.29, 1.82) is 0 Å². The fraction of sp³-hybridized carbons (Fsp3) is 0.300. The molecule has 0 radical (unpaired) electrons. The third kappa shape index (κ3) is 3.36. The average Bonchev–Trinajstić information content (AvgIpc) is 3.38. The molecular formula is C20H20N2O3. The third-order valence-corrected chi connectivity index (χ3v) is 4.92. The van der Waals surface area contributed by atoms with Crippen LogP contribution >= 0.6 is 0 Å². The molecule has 1 saturated carbocycles. The first-order valence-electron chi connectivity index (χ1n) is 8.63. The van der Waals surface area contributed by atoms with Crippen molar-refractivity contribution in [2.45, 2.75) is 31.6 Å². The van der Waals surface area contributed by atoms with Gasteiger partial charge in [-0.05, 0) is 66.6 Å². The molecule has 2 aromatic rings. The van der Waals surface area contributed by atoms with E-state index in [9.17, 15) is 14.7 Å². The molecule has 0 bridgehead atoms. The SMILES string of the molecule is O=C1CCCc2cc(NC(=O)[C@H]3C[C@@H]3c3cccc(O)c3)ccc2N1. The van der Waals surface area contributed by atoms with Crippen LogP contribution in [0.5, 0.6) is 5.75 Å². The number of nitrogens with one attached hydrogen (secondary N) is 2. The summed E-state index contributed by atoms with van der Waals surface area (Å²) >= 11 is 0. The fourth-order valence-electron chi connectivity index (χ4n) is 3.50. The number of amides is 2. The van der Waals surface area contributed by atoms with Gasteiger partial charge < -0.3 is 15.7 Å². The van der Waals surface area contributed by atoms with Crippen LogP contribution in [0.2, 0.25) is 0 Å². The summed E-state index contributed by atoms with van der Waals surface area (Å²) < 4.78 is 0. The number of benzene rings is 2. The fourth-order valence-corrected chi connectivity index (χ4v) is 3.50. The van der Waals surface area contributed by atoms with Crippen LogP contribution in [0.3, 0.4) is 0 Å². The lowest BCUT2D eigenvalue weighted by molar-refractivity contribution is -0.117. The number of phenolic OH excluding ortho intramolecular Hbond substituents is 1. The number of aryl methyl sites for hydroxylation is 1. The maximum Gasteiger partial charge on any atom is 0.228 e. The maximum atomic E-state index is 12.5. The van der Waals surface area contributed by atoms with Gasteiger partial charge >= 0.3 is 0 Å². The lowest BCUT2D eigenvalue weighted by atomic mass is 10.1. The Labute approximate surface area is 146 Å². The second-order valence-corrected chi connectivity index (χ2v) is 6.81. The predicted octanol–water partition coefficient (Wildman–Crippen LogP) is 3.41. The van der Waals surface area contributed by atoms with Crippen LogP contribution in [-0.4, -0.2) is 16.9 Å². The molecule has 0 aromatic heterocycles. The highest BCUT2D eigenvalue weighted by atomic mass is 16.3. The van der Waals surface area contributed by atoms with Gasteiger partial charge in [0, 0.05) is 23.7 Å². The van der Waals surface area contributed by atoms with E-state index in [2.05, 4.69) is 10.6 Å². The highest BCUT2D eigenvalue weighted by molar-refractivity contribution is 5.96. The molecule has 5 heteroatoms. The number of carbonyl (C=O) groups excluding carboxylic acids is 2. The Hall–Kier alpha value is -2.82. The van der Waals surface area contributed by atoms with E-state index in [1.54, 1.807) is 18.2 Å². The van der Waals surface area contributed by atoms with Crippen LogP contribution in [0, 0.1) is 5.92 Å². The van der Waals surface area contributed by atoms with Gasteiger partial charge in [0.15, 0.2) is 0 Å². The first kappa shape index (κ1) is 15.7. The summed E-state index contributed by atoms with van der Waals surface area (Å²) in [5.74, 6) is 0.400. The molecule has 25 heavy (non-hydrogen) atoms. The zero-order chi connectivity index (χ0) is 17.4. The minimum Gasteiger partial charge on any atom is -0.508 e. The van der Waals surface area contributed by atoms with Crippen molar-refractivity contribution in [2.75, 3.05) is 10.6 Å². The Kier molecular flexibility index (Phi) is 3.92. The van der Waals surface area contributed by atoms with Gasteiger partial charge in [-0.25, -0.2) is 0 Å². The second kappa shape index (κ2) is 6.24. The Balaban J connectivity index is 1.44. The smallest absolute Gasteiger partial charge is 0.228 e. The topological polar surface area (TPSA) is 78.4 Å². The second-order valence-electron chi connectivity index (χ2n) is 6.81. The van der Waals surface area contributed by atoms with Crippen molar-refractivity contribution in [3.63, 3.8) is 0 Å². The number of aromatic hydroxyl groups is 1. The molecule has 2 aliphatic rings. The van der Waals surface area contributed by atoms with E-state index in [0.717, 1.165) is 41.8 Å². The molecule has 0 spiro atoms. The number of fused-ring (bicyclic) bond motifs is 1. The van der Waals surface area contributed by atoms with Crippen molar-refractivity contribution in [3.05, 3.63) is 53.6 Å². The zero-order valence-corrected chi connectivity index (χ0v) is 13.8. The summed E-state index contributed by atoms with van der Waals surface area (Å²) in [7, 11) is 0. The molecule has 1 aliphatic carbocycles. The lowest BCUT2D eigenvalue weighted by Gasteiger charge is -2.10. The Morgan fingerprint density at radius 1 is 1.16 bits per heavy atom. The Morgan fingerprint density at radius 2 is 2.04 bits per heavy atom. The van der Waals surface area contributed by atoms with Gasteiger partial charge in [-0.2, -0.15) is 0 Å². The molecule has 3 N–H and O–H groups in total. The summed E-state index contributed by atoms with van der Waals surface area (Å²) in [6, 6.07) is 12.7. The predicted molar refractivity (Wildman–Crippen MR) is 95.6 cm³/mol. The monoisotopic (exact) mass is 336 g/mol. The van der Waals surface area contributed by atoms with Gasteiger partial charge in [0.05, 0.1) is 0 Å². The van der Waals surface area contributed by atoms with Crippen LogP contribution < -0.4 is 10.6 Å². The van der Waals surface area contributed by atoms with Crippen molar-refractivity contribution in [3.8, 4) is 5.75 Å². The summed E-state index contributed by atoms with van der Waals surface area (Å²) in [5, 5.41) is 15.5. The van der Waals surface area contributed by atoms with Crippen LogP contribution in [0.1, 0.15) is 36.3 Å². The molecular weight excluding hydrogens is 316 g/mol. The third-order valence-electron chi connectivity index (χ3n) is 4.92. The number of carbonyl (C=O) groups is 2. The van der Waals surface area contributed by atoms with Crippen LogP contribution in [-0.2, 0) is 16.0 Å². The van der Waals surface area contributed by atoms with Gasteiger partial charge in [-0.15, -0.1) is 0 Å².